The van der Waals surface area contributed by atoms with Crippen LogP contribution in [0.5, 0.6) is 0 Å². The molecule has 0 spiro atoms. The van der Waals surface area contributed by atoms with E-state index in [0.29, 0.717) is 13.0 Å². The van der Waals surface area contributed by atoms with Gasteiger partial charge in [0.2, 0.25) is 11.8 Å². The number of nitrogens with one attached hydrogen (secondary N) is 2. The summed E-state index contributed by atoms with van der Waals surface area (Å²) in [5, 5.41) is 88.6. The number of carbonyl (C=O) groups excluding carboxylic acids is 2. The van der Waals surface area contributed by atoms with Crippen molar-refractivity contribution in [1.29, 1.82) is 0 Å². The first-order valence-corrected chi connectivity index (χ1v) is 14.2. The molecule has 15 atom stereocenters. The van der Waals surface area contributed by atoms with Gasteiger partial charge in [0.25, 0.3) is 0 Å². The summed E-state index contributed by atoms with van der Waals surface area (Å²) in [6.45, 7) is 0.437. The van der Waals surface area contributed by atoms with Gasteiger partial charge >= 0.3 is 0 Å². The predicted octanol–water partition coefficient (Wildman–Crippen LogP) is -6.91. The molecule has 0 aromatic rings. The molecule has 12 N–H and O–H groups in total. The molecule has 44 heavy (non-hydrogen) atoms. The Morgan fingerprint density at radius 2 is 1.16 bits per heavy atom. The highest BCUT2D eigenvalue weighted by atomic mass is 16.7. The molecule has 0 saturated carbocycles. The first-order chi connectivity index (χ1) is 20.9. The van der Waals surface area contributed by atoms with Gasteiger partial charge in [-0.05, 0) is 13.0 Å². The van der Waals surface area contributed by atoms with Crippen LogP contribution in [0.15, 0.2) is 0 Å². The lowest BCUT2D eigenvalue weighted by Gasteiger charge is -2.49. The number of nitrogens with two attached hydrogens (primary N) is 1. The molecule has 3 aliphatic heterocycles. The Hall–Kier alpha value is -1.66. The molecule has 0 aliphatic carbocycles. The van der Waals surface area contributed by atoms with E-state index >= 15 is 0 Å². The monoisotopic (exact) mass is 643 g/mol. The van der Waals surface area contributed by atoms with E-state index in [4.69, 9.17) is 34.2 Å². The second kappa shape index (κ2) is 16.8. The molecule has 19 heteroatoms. The maximum atomic E-state index is 11.9. The van der Waals surface area contributed by atoms with Crippen molar-refractivity contribution in [2.75, 3.05) is 33.0 Å². The third-order valence-corrected chi connectivity index (χ3v) is 7.51. The summed E-state index contributed by atoms with van der Waals surface area (Å²) in [6, 6.07) is -2.64. The summed E-state index contributed by atoms with van der Waals surface area (Å²) >= 11 is 0. The molecule has 6 unspecified atom stereocenters. The number of rotatable bonds is 13. The summed E-state index contributed by atoms with van der Waals surface area (Å²) < 4.78 is 34.1. The van der Waals surface area contributed by atoms with E-state index in [1.165, 1.54) is 6.92 Å². The molecule has 2 amide bonds. The summed E-state index contributed by atoms with van der Waals surface area (Å²) in [5.74, 6) is -1.20. The highest BCUT2D eigenvalue weighted by Crippen LogP contribution is 2.33. The maximum absolute atomic E-state index is 11.9. The molecule has 0 bridgehead atoms. The van der Waals surface area contributed by atoms with Crippen LogP contribution in [0.1, 0.15) is 20.3 Å². The Morgan fingerprint density at radius 3 is 1.70 bits per heavy atom. The molecule has 256 valence electrons. The van der Waals surface area contributed by atoms with Crippen LogP contribution in [-0.4, -0.2) is 178 Å². The van der Waals surface area contributed by atoms with Gasteiger partial charge in [-0.3, -0.25) is 9.59 Å². The average molecular weight is 644 g/mol. The van der Waals surface area contributed by atoms with Crippen molar-refractivity contribution in [3.8, 4) is 0 Å². The lowest BCUT2D eigenvalue weighted by atomic mass is 9.94. The minimum Gasteiger partial charge on any atom is -0.394 e. The zero-order valence-corrected chi connectivity index (χ0v) is 24.3. The molecular weight excluding hydrogens is 598 g/mol. The Labute approximate surface area is 252 Å². The second-order valence-electron chi connectivity index (χ2n) is 10.8. The second-order valence-corrected chi connectivity index (χ2v) is 10.8. The van der Waals surface area contributed by atoms with Crippen molar-refractivity contribution >= 4 is 11.8 Å². The third kappa shape index (κ3) is 8.57. The lowest BCUT2D eigenvalue weighted by molar-refractivity contribution is -0.369. The van der Waals surface area contributed by atoms with Gasteiger partial charge in [0, 0.05) is 13.8 Å². The number of amides is 2. The lowest BCUT2D eigenvalue weighted by Crippen LogP contribution is -2.69. The highest BCUT2D eigenvalue weighted by molar-refractivity contribution is 5.73. The van der Waals surface area contributed by atoms with Crippen molar-refractivity contribution in [2.45, 2.75) is 112 Å². The minimum atomic E-state index is -1.91. The van der Waals surface area contributed by atoms with Crippen molar-refractivity contribution in [2.24, 2.45) is 5.73 Å². The van der Waals surface area contributed by atoms with Gasteiger partial charge in [0.15, 0.2) is 18.9 Å². The largest absolute Gasteiger partial charge is 0.394 e. The number of hydrogen-bond donors (Lipinski definition) is 11. The molecular formula is C25H45N3O16. The van der Waals surface area contributed by atoms with Gasteiger partial charge in [0.05, 0.1) is 26.4 Å². The Morgan fingerprint density at radius 1 is 0.659 bits per heavy atom. The van der Waals surface area contributed by atoms with Crippen molar-refractivity contribution in [1.82, 2.24) is 10.6 Å². The van der Waals surface area contributed by atoms with Gasteiger partial charge < -0.3 is 85.6 Å². The summed E-state index contributed by atoms with van der Waals surface area (Å²) in [6.07, 6.45) is -20.1. The molecule has 3 aliphatic rings. The standard InChI is InChI=1S/C25H45N3O16/c1-9(32)27-14-18(36)16(34)11(6-29)40-24(14)44-22-17(35)12(7-30)41-25(20(22)38)43-21-13(8-31)42-23(39-5-3-4-26)15(19(21)37)28-10(2)33/h11-25,29-31,34-38H,3-8,26H2,1-2H3,(H,27,32)(H,28,33)/t11?,12?,13?,14?,15?,16-,17-,18+,19+,20?,21-,22-,23+,24-,25-/m0/s1. The smallest absolute Gasteiger partial charge is 0.217 e. The fourth-order valence-electron chi connectivity index (χ4n) is 5.27. The minimum absolute atomic E-state index is 0.110. The molecule has 3 saturated heterocycles. The fraction of sp³-hybridized carbons (Fsp3) is 0.920. The SMILES string of the molecule is CC(=O)NC1[C@H](O[C@@H]2C(O)[C@H](O[C@H]3C(CO)O[C@@H](OCCCN)C(NC(C)=O)[C@H]3O)OC(CO)[C@@H]2O)OC(CO)[C@H](O)[C@@H]1O. The van der Waals surface area contributed by atoms with Crippen LogP contribution in [-0.2, 0) is 38.0 Å². The first-order valence-electron chi connectivity index (χ1n) is 14.2. The number of hydrogen-bond acceptors (Lipinski definition) is 17. The maximum Gasteiger partial charge on any atom is 0.217 e. The van der Waals surface area contributed by atoms with Gasteiger partial charge in [-0.1, -0.05) is 0 Å². The van der Waals surface area contributed by atoms with E-state index in [9.17, 15) is 50.4 Å². The van der Waals surface area contributed by atoms with Crippen LogP contribution < -0.4 is 16.4 Å². The predicted molar refractivity (Wildman–Crippen MR) is 142 cm³/mol. The van der Waals surface area contributed by atoms with Crippen LogP contribution in [0.25, 0.3) is 0 Å². The van der Waals surface area contributed by atoms with Gasteiger partial charge in [0.1, 0.15) is 73.1 Å². The van der Waals surface area contributed by atoms with Crippen LogP contribution >= 0.6 is 0 Å². The van der Waals surface area contributed by atoms with Crippen LogP contribution in [0, 0.1) is 0 Å². The van der Waals surface area contributed by atoms with Crippen LogP contribution in [0.4, 0.5) is 0 Å². The van der Waals surface area contributed by atoms with Crippen molar-refractivity contribution in [3.63, 3.8) is 0 Å². The average Bonchev–Trinajstić information content (AvgIpc) is 2.98. The zero-order valence-electron chi connectivity index (χ0n) is 24.3. The third-order valence-electron chi connectivity index (χ3n) is 7.51. The van der Waals surface area contributed by atoms with E-state index in [1.54, 1.807) is 0 Å². The van der Waals surface area contributed by atoms with Gasteiger partial charge in [-0.15, -0.1) is 0 Å². The Balaban J connectivity index is 1.85. The zero-order chi connectivity index (χ0) is 32.7. The molecule has 3 fully saturated rings. The van der Waals surface area contributed by atoms with Gasteiger partial charge in [-0.25, -0.2) is 0 Å². The molecule has 19 nitrogen and oxygen atoms in total. The summed E-state index contributed by atoms with van der Waals surface area (Å²) in [4.78, 5) is 23.7. The van der Waals surface area contributed by atoms with Crippen molar-refractivity contribution < 1.29 is 78.9 Å². The van der Waals surface area contributed by atoms with E-state index in [0.717, 1.165) is 6.92 Å². The van der Waals surface area contributed by atoms with Crippen LogP contribution in [0.3, 0.4) is 0 Å². The molecule has 0 aromatic carbocycles. The number of aliphatic hydroxyl groups excluding tert-OH is 8. The fourth-order valence-corrected chi connectivity index (χ4v) is 5.27. The molecule has 0 radical (unpaired) electrons. The number of aliphatic hydroxyl groups is 8. The number of carbonyl (C=O) groups is 2. The van der Waals surface area contributed by atoms with E-state index in [2.05, 4.69) is 10.6 Å². The number of ether oxygens (including phenoxy) is 6. The normalized spacial score (nSPS) is 42.9. The van der Waals surface area contributed by atoms with E-state index in [-0.39, 0.29) is 6.61 Å². The molecule has 3 rings (SSSR count). The molecule has 0 aromatic heterocycles. The van der Waals surface area contributed by atoms with Crippen molar-refractivity contribution in [3.05, 3.63) is 0 Å². The topological polar surface area (TPSA) is 301 Å². The van der Waals surface area contributed by atoms with E-state index < -0.39 is 124 Å². The molecule has 3 heterocycles. The highest BCUT2D eigenvalue weighted by Gasteiger charge is 2.54. The van der Waals surface area contributed by atoms with Gasteiger partial charge in [-0.2, -0.15) is 0 Å². The van der Waals surface area contributed by atoms with Crippen LogP contribution in [0.2, 0.25) is 0 Å². The Bertz CT molecular complexity index is 921. The quantitative estimate of drug-likeness (QED) is 0.0831. The Kier molecular flexibility index (Phi) is 14.0. The first kappa shape index (κ1) is 36.8. The summed E-state index contributed by atoms with van der Waals surface area (Å²) in [5.41, 5.74) is 5.49. The summed E-state index contributed by atoms with van der Waals surface area (Å²) in [7, 11) is 0. The van der Waals surface area contributed by atoms with E-state index in [1.807, 2.05) is 0 Å².